The molecule has 28 heavy (non-hydrogen) atoms. The minimum Gasteiger partial charge on any atom is -0.340 e. The second-order valence-corrected chi connectivity index (χ2v) is 7.05. The highest BCUT2D eigenvalue weighted by molar-refractivity contribution is 5.77. The van der Waals surface area contributed by atoms with Crippen LogP contribution in [-0.4, -0.2) is 48.2 Å². The van der Waals surface area contributed by atoms with Crippen LogP contribution in [0.5, 0.6) is 0 Å². The molecule has 0 aliphatic carbocycles. The van der Waals surface area contributed by atoms with Crippen LogP contribution in [0, 0.1) is 0 Å². The molecule has 1 fully saturated rings. The molecule has 0 unspecified atom stereocenters. The lowest BCUT2D eigenvalue weighted by atomic mass is 9.97. The molecule has 0 spiro atoms. The van der Waals surface area contributed by atoms with E-state index in [0.29, 0.717) is 13.1 Å². The van der Waals surface area contributed by atoms with Crippen molar-refractivity contribution in [3.63, 3.8) is 0 Å². The highest BCUT2D eigenvalue weighted by Gasteiger charge is 2.28. The Morgan fingerprint density at radius 3 is 2.89 bits per heavy atom. The molecule has 1 aromatic carbocycles. The van der Waals surface area contributed by atoms with Gasteiger partial charge in [-0.3, -0.25) is 9.36 Å². The van der Waals surface area contributed by atoms with Crippen molar-refractivity contribution in [1.29, 1.82) is 0 Å². The molecule has 2 aromatic heterocycles. The van der Waals surface area contributed by atoms with Gasteiger partial charge in [0.05, 0.1) is 0 Å². The molecule has 0 saturated carbocycles. The zero-order valence-electron chi connectivity index (χ0n) is 15.9. The fourth-order valence-electron chi connectivity index (χ4n) is 3.89. The minimum absolute atomic E-state index is 0.0563. The number of hydrogen-bond acceptors (Lipinski definition) is 4. The number of nitrogens with one attached hydrogen (secondary N) is 1. The molecule has 4 rings (SSSR count). The highest BCUT2D eigenvalue weighted by atomic mass is 16.2. The largest absolute Gasteiger partial charge is 0.343 e. The number of carbonyl (C=O) groups is 1. The molecular formula is C20H24N6O2. The van der Waals surface area contributed by atoms with Crippen LogP contribution >= 0.6 is 0 Å². The second kappa shape index (κ2) is 7.84. The fourth-order valence-corrected chi connectivity index (χ4v) is 3.89. The Hall–Kier alpha value is -3.16. The number of aromatic amines is 1. The van der Waals surface area contributed by atoms with Crippen LogP contribution in [0.1, 0.15) is 31.5 Å². The van der Waals surface area contributed by atoms with E-state index in [1.165, 1.54) is 0 Å². The van der Waals surface area contributed by atoms with Gasteiger partial charge in [-0.25, -0.2) is 14.9 Å². The summed E-state index contributed by atoms with van der Waals surface area (Å²) in [6, 6.07) is 9.86. The van der Waals surface area contributed by atoms with Crippen LogP contribution in [-0.2, 0) is 17.9 Å². The summed E-state index contributed by atoms with van der Waals surface area (Å²) in [6.45, 7) is 4.06. The molecular weight excluding hydrogens is 356 g/mol. The number of rotatable bonds is 5. The molecule has 3 heterocycles. The van der Waals surface area contributed by atoms with Gasteiger partial charge in [0.25, 0.3) is 0 Å². The molecule has 1 aliphatic rings. The summed E-state index contributed by atoms with van der Waals surface area (Å²) in [5, 5.41) is 6.74. The maximum absolute atomic E-state index is 13.0. The lowest BCUT2D eigenvalue weighted by Gasteiger charge is -2.32. The van der Waals surface area contributed by atoms with Crippen molar-refractivity contribution in [3.8, 4) is 11.4 Å². The predicted molar refractivity (Wildman–Crippen MR) is 105 cm³/mol. The third-order valence-corrected chi connectivity index (χ3v) is 5.30. The molecule has 8 heteroatoms. The Morgan fingerprint density at radius 2 is 2.11 bits per heavy atom. The van der Waals surface area contributed by atoms with Crippen molar-refractivity contribution in [3.05, 3.63) is 59.0 Å². The average molecular weight is 380 g/mol. The van der Waals surface area contributed by atoms with Crippen LogP contribution < -0.4 is 5.69 Å². The lowest BCUT2D eigenvalue weighted by molar-refractivity contribution is -0.133. The van der Waals surface area contributed by atoms with Crippen LogP contribution in [0.4, 0.5) is 0 Å². The summed E-state index contributed by atoms with van der Waals surface area (Å²) in [5.74, 6) is 1.67. The van der Waals surface area contributed by atoms with E-state index in [0.717, 1.165) is 36.6 Å². The van der Waals surface area contributed by atoms with Crippen LogP contribution in [0.15, 0.2) is 47.5 Å². The molecule has 1 N–H and O–H groups in total. The molecule has 1 saturated heterocycles. The Kier molecular flexibility index (Phi) is 5.10. The van der Waals surface area contributed by atoms with Crippen molar-refractivity contribution >= 4 is 5.91 Å². The van der Waals surface area contributed by atoms with E-state index in [-0.39, 0.29) is 24.1 Å². The zero-order chi connectivity index (χ0) is 19.5. The van der Waals surface area contributed by atoms with Gasteiger partial charge in [0, 0.05) is 43.5 Å². The van der Waals surface area contributed by atoms with Crippen LogP contribution in [0.2, 0.25) is 0 Å². The fraction of sp³-hybridized carbons (Fsp3) is 0.400. The highest BCUT2D eigenvalue weighted by Crippen LogP contribution is 2.25. The average Bonchev–Trinajstić information content (AvgIpc) is 3.34. The van der Waals surface area contributed by atoms with Gasteiger partial charge < -0.3 is 9.47 Å². The molecule has 0 bridgehead atoms. The molecule has 0 radical (unpaired) electrons. The first-order valence-electron chi connectivity index (χ1n) is 9.66. The standard InChI is InChI=1S/C20H24N6O2/c1-2-26-19(22-23-20(26)28)16-9-6-11-24(13-16)17(27)14-25-12-10-21-18(25)15-7-4-3-5-8-15/h3-5,7-8,10,12,16H,2,6,9,11,13-14H2,1H3,(H,23,28)/t16-/m1/s1. The number of aromatic nitrogens is 5. The number of piperidine rings is 1. The number of likely N-dealkylation sites (tertiary alicyclic amines) is 1. The van der Waals surface area contributed by atoms with E-state index < -0.39 is 0 Å². The van der Waals surface area contributed by atoms with E-state index in [2.05, 4.69) is 15.2 Å². The predicted octanol–water partition coefficient (Wildman–Crippen LogP) is 1.86. The van der Waals surface area contributed by atoms with Crippen molar-refractivity contribution in [1.82, 2.24) is 29.2 Å². The Morgan fingerprint density at radius 1 is 1.29 bits per heavy atom. The lowest BCUT2D eigenvalue weighted by Crippen LogP contribution is -2.41. The normalized spacial score (nSPS) is 17.0. The summed E-state index contributed by atoms with van der Waals surface area (Å²) in [6.07, 6.45) is 5.38. The quantitative estimate of drug-likeness (QED) is 0.732. The zero-order valence-corrected chi connectivity index (χ0v) is 15.9. The van der Waals surface area contributed by atoms with Crippen molar-refractivity contribution in [2.45, 2.75) is 38.8 Å². The Balaban J connectivity index is 1.49. The molecule has 1 amide bonds. The second-order valence-electron chi connectivity index (χ2n) is 7.05. The Bertz CT molecular complexity index is 1000. The van der Waals surface area contributed by atoms with Gasteiger partial charge in [0.15, 0.2) is 0 Å². The van der Waals surface area contributed by atoms with Crippen molar-refractivity contribution in [2.75, 3.05) is 13.1 Å². The van der Waals surface area contributed by atoms with E-state index in [1.54, 1.807) is 10.8 Å². The van der Waals surface area contributed by atoms with Gasteiger partial charge in [-0.05, 0) is 19.8 Å². The molecule has 8 nitrogen and oxygen atoms in total. The number of hydrogen-bond donors (Lipinski definition) is 1. The van der Waals surface area contributed by atoms with Gasteiger partial charge in [-0.2, -0.15) is 5.10 Å². The number of imidazole rings is 1. The number of benzene rings is 1. The summed E-state index contributed by atoms with van der Waals surface area (Å²) in [5.41, 5.74) is 0.798. The van der Waals surface area contributed by atoms with Gasteiger partial charge in [-0.1, -0.05) is 30.3 Å². The minimum atomic E-state index is -0.188. The molecule has 146 valence electrons. The third kappa shape index (κ3) is 3.49. The smallest absolute Gasteiger partial charge is 0.340 e. The van der Waals surface area contributed by atoms with Crippen molar-refractivity contribution in [2.24, 2.45) is 0 Å². The van der Waals surface area contributed by atoms with Gasteiger partial charge in [0.2, 0.25) is 5.91 Å². The number of carbonyl (C=O) groups excluding carboxylic acids is 1. The topological polar surface area (TPSA) is 88.8 Å². The maximum Gasteiger partial charge on any atom is 0.343 e. The monoisotopic (exact) mass is 380 g/mol. The summed E-state index contributed by atoms with van der Waals surface area (Å²) < 4.78 is 3.54. The van der Waals surface area contributed by atoms with Crippen LogP contribution in [0.3, 0.4) is 0 Å². The molecule has 1 atom stereocenters. The van der Waals surface area contributed by atoms with E-state index in [9.17, 15) is 9.59 Å². The maximum atomic E-state index is 13.0. The number of amides is 1. The van der Waals surface area contributed by atoms with E-state index in [1.807, 2.05) is 52.9 Å². The molecule has 3 aromatic rings. The summed E-state index contributed by atoms with van der Waals surface area (Å²) in [4.78, 5) is 31.1. The summed E-state index contributed by atoms with van der Waals surface area (Å²) >= 11 is 0. The van der Waals surface area contributed by atoms with E-state index in [4.69, 9.17) is 0 Å². The Labute approximate surface area is 162 Å². The SMILES string of the molecule is CCn1c([C@@H]2CCCN(C(=O)Cn3ccnc3-c3ccccc3)C2)n[nH]c1=O. The van der Waals surface area contributed by atoms with Crippen LogP contribution in [0.25, 0.3) is 11.4 Å². The number of H-pyrrole nitrogens is 1. The first-order chi connectivity index (χ1) is 13.7. The first-order valence-corrected chi connectivity index (χ1v) is 9.66. The van der Waals surface area contributed by atoms with E-state index >= 15 is 0 Å². The van der Waals surface area contributed by atoms with Gasteiger partial charge >= 0.3 is 5.69 Å². The first kappa shape index (κ1) is 18.2. The third-order valence-electron chi connectivity index (χ3n) is 5.30. The molecule has 1 aliphatic heterocycles. The number of nitrogens with zero attached hydrogens (tertiary/aromatic N) is 5. The summed E-state index contributed by atoms with van der Waals surface area (Å²) in [7, 11) is 0. The van der Waals surface area contributed by atoms with Gasteiger partial charge in [0.1, 0.15) is 18.2 Å². The van der Waals surface area contributed by atoms with Gasteiger partial charge in [-0.15, -0.1) is 0 Å². The van der Waals surface area contributed by atoms with Crippen molar-refractivity contribution < 1.29 is 4.79 Å².